The predicted octanol–water partition coefficient (Wildman–Crippen LogP) is 3.93. The number of aliphatic hydroxyl groups is 1. The van der Waals surface area contributed by atoms with Crippen molar-refractivity contribution in [2.75, 3.05) is 6.61 Å². The summed E-state index contributed by atoms with van der Waals surface area (Å²) in [4.78, 5) is 11.4. The van der Waals surface area contributed by atoms with Crippen molar-refractivity contribution < 1.29 is 24.1 Å². The summed E-state index contributed by atoms with van der Waals surface area (Å²) < 4.78 is 17.9. The highest BCUT2D eigenvalue weighted by Gasteiger charge is 2.30. The maximum Gasteiger partial charge on any atom is 0.151 e. The van der Waals surface area contributed by atoms with Gasteiger partial charge in [0.05, 0.1) is 26.4 Å². The summed E-state index contributed by atoms with van der Waals surface area (Å²) in [5.41, 5.74) is 2.96. The van der Waals surface area contributed by atoms with E-state index in [1.807, 2.05) is 91.0 Å². The number of carbonyl (C=O) groups excluding carboxylic acids is 1. The lowest BCUT2D eigenvalue weighted by Crippen LogP contribution is -2.44. The van der Waals surface area contributed by atoms with Crippen LogP contribution in [0, 0.1) is 0 Å². The van der Waals surface area contributed by atoms with Gasteiger partial charge in [-0.3, -0.25) is 0 Å². The highest BCUT2D eigenvalue weighted by molar-refractivity contribution is 5.56. The molecule has 5 heteroatoms. The zero-order chi connectivity index (χ0) is 21.7. The second-order valence-corrected chi connectivity index (χ2v) is 7.22. The molecule has 3 atom stereocenters. The van der Waals surface area contributed by atoms with Gasteiger partial charge in [0, 0.05) is 0 Å². The van der Waals surface area contributed by atoms with Crippen LogP contribution >= 0.6 is 0 Å². The molecule has 0 spiro atoms. The van der Waals surface area contributed by atoms with Crippen LogP contribution in [0.15, 0.2) is 91.0 Å². The molecule has 3 aromatic carbocycles. The first-order valence-electron chi connectivity index (χ1n) is 10.3. The Balaban J connectivity index is 1.68. The lowest BCUT2D eigenvalue weighted by atomic mass is 10.1. The fourth-order valence-electron chi connectivity index (χ4n) is 3.15. The van der Waals surface area contributed by atoms with Crippen molar-refractivity contribution in [3.63, 3.8) is 0 Å². The minimum atomic E-state index is -1.33. The van der Waals surface area contributed by atoms with E-state index in [2.05, 4.69) is 0 Å². The third-order valence-corrected chi connectivity index (χ3v) is 4.83. The van der Waals surface area contributed by atoms with Gasteiger partial charge in [0.1, 0.15) is 18.3 Å². The maximum absolute atomic E-state index is 11.4. The molecule has 31 heavy (non-hydrogen) atoms. The molecule has 5 nitrogen and oxygen atoms in total. The fourth-order valence-corrected chi connectivity index (χ4v) is 3.15. The van der Waals surface area contributed by atoms with Crippen LogP contribution in [0.2, 0.25) is 0 Å². The summed E-state index contributed by atoms with van der Waals surface area (Å²) in [5.74, 6) is 0. The van der Waals surface area contributed by atoms with Crippen molar-refractivity contribution in [1.29, 1.82) is 0 Å². The Morgan fingerprint density at radius 2 is 1.13 bits per heavy atom. The monoisotopic (exact) mass is 420 g/mol. The van der Waals surface area contributed by atoms with E-state index in [4.69, 9.17) is 14.2 Å². The van der Waals surface area contributed by atoms with Crippen LogP contribution in [-0.4, -0.2) is 36.3 Å². The van der Waals surface area contributed by atoms with E-state index in [1.165, 1.54) is 0 Å². The molecule has 1 N–H and O–H groups in total. The van der Waals surface area contributed by atoms with Gasteiger partial charge in [-0.05, 0) is 16.7 Å². The first-order valence-corrected chi connectivity index (χ1v) is 10.3. The first kappa shape index (κ1) is 22.8. The van der Waals surface area contributed by atoms with Gasteiger partial charge in [-0.1, -0.05) is 91.0 Å². The zero-order valence-electron chi connectivity index (χ0n) is 17.4. The molecular weight excluding hydrogens is 392 g/mol. The molecule has 0 radical (unpaired) electrons. The van der Waals surface area contributed by atoms with E-state index in [0.29, 0.717) is 19.5 Å². The fraction of sp³-hybridized carbons (Fsp3) is 0.269. The van der Waals surface area contributed by atoms with Crippen LogP contribution in [0.3, 0.4) is 0 Å². The Labute approximate surface area is 183 Å². The normalized spacial score (nSPS) is 14.0. The van der Waals surface area contributed by atoms with Crippen molar-refractivity contribution >= 4 is 6.29 Å². The highest BCUT2D eigenvalue weighted by Crippen LogP contribution is 2.16. The standard InChI is InChI=1S/C26H28O5/c27-16-24(28)26(31-19-23-14-8-3-9-15-23)25(30-18-22-12-6-2-7-13-22)20-29-17-21-10-4-1-5-11-21/h1-16,24-26,28H,17-20H2/t24-,25-,26-/m1/s1. The molecule has 0 amide bonds. The van der Waals surface area contributed by atoms with Gasteiger partial charge < -0.3 is 24.1 Å². The molecular formula is C26H28O5. The molecule has 0 aliphatic rings. The molecule has 0 saturated heterocycles. The smallest absolute Gasteiger partial charge is 0.151 e. The summed E-state index contributed by atoms with van der Waals surface area (Å²) in [7, 11) is 0. The Morgan fingerprint density at radius 3 is 1.61 bits per heavy atom. The zero-order valence-corrected chi connectivity index (χ0v) is 17.4. The second-order valence-electron chi connectivity index (χ2n) is 7.22. The van der Waals surface area contributed by atoms with Gasteiger partial charge in [0.2, 0.25) is 0 Å². The number of hydrogen-bond donors (Lipinski definition) is 1. The van der Waals surface area contributed by atoms with Crippen LogP contribution < -0.4 is 0 Å². The summed E-state index contributed by atoms with van der Waals surface area (Å²) in [6, 6.07) is 29.1. The molecule has 0 unspecified atom stereocenters. The van der Waals surface area contributed by atoms with Crippen molar-refractivity contribution in [3.05, 3.63) is 108 Å². The third-order valence-electron chi connectivity index (χ3n) is 4.83. The third kappa shape index (κ3) is 7.74. The van der Waals surface area contributed by atoms with Gasteiger partial charge in [-0.15, -0.1) is 0 Å². The maximum atomic E-state index is 11.4. The summed E-state index contributed by atoms with van der Waals surface area (Å²) in [6.45, 7) is 1.14. The van der Waals surface area contributed by atoms with Crippen LogP contribution in [0.5, 0.6) is 0 Å². The second kappa shape index (κ2) is 12.8. The van der Waals surface area contributed by atoms with E-state index < -0.39 is 18.3 Å². The van der Waals surface area contributed by atoms with E-state index >= 15 is 0 Å². The lowest BCUT2D eigenvalue weighted by molar-refractivity contribution is -0.157. The minimum Gasteiger partial charge on any atom is -0.383 e. The number of rotatable bonds is 13. The largest absolute Gasteiger partial charge is 0.383 e. The Morgan fingerprint density at radius 1 is 0.677 bits per heavy atom. The molecule has 0 bridgehead atoms. The minimum absolute atomic E-state index is 0.173. The quantitative estimate of drug-likeness (QED) is 0.425. The molecule has 162 valence electrons. The Hall–Kier alpha value is -2.83. The van der Waals surface area contributed by atoms with E-state index in [1.54, 1.807) is 0 Å². The molecule has 0 heterocycles. The van der Waals surface area contributed by atoms with Crippen molar-refractivity contribution in [1.82, 2.24) is 0 Å². The summed E-state index contributed by atoms with van der Waals surface area (Å²) in [5, 5.41) is 10.4. The number of ether oxygens (including phenoxy) is 3. The van der Waals surface area contributed by atoms with E-state index in [0.717, 1.165) is 16.7 Å². The van der Waals surface area contributed by atoms with E-state index in [9.17, 15) is 9.90 Å². The van der Waals surface area contributed by atoms with Crippen molar-refractivity contribution in [2.45, 2.75) is 38.1 Å². The molecule has 0 aliphatic carbocycles. The summed E-state index contributed by atoms with van der Waals surface area (Å²) in [6.07, 6.45) is -2.35. The van der Waals surface area contributed by atoms with Crippen molar-refractivity contribution in [2.24, 2.45) is 0 Å². The molecule has 0 aliphatic heterocycles. The number of aliphatic hydroxyl groups excluding tert-OH is 1. The average Bonchev–Trinajstić information content (AvgIpc) is 2.84. The van der Waals surface area contributed by atoms with Crippen LogP contribution in [0.25, 0.3) is 0 Å². The van der Waals surface area contributed by atoms with Crippen LogP contribution in [0.4, 0.5) is 0 Å². The SMILES string of the molecule is O=C[C@@H](O)[C@@H](OCc1ccccc1)[C@@H](COCc1ccccc1)OCc1ccccc1. The number of hydrogen-bond acceptors (Lipinski definition) is 5. The van der Waals surface area contributed by atoms with Crippen LogP contribution in [0.1, 0.15) is 16.7 Å². The van der Waals surface area contributed by atoms with Gasteiger partial charge in [0.15, 0.2) is 6.29 Å². The number of benzene rings is 3. The molecule has 3 aromatic rings. The Bertz CT molecular complexity index is 870. The molecule has 0 saturated carbocycles. The van der Waals surface area contributed by atoms with E-state index in [-0.39, 0.29) is 13.2 Å². The number of aldehydes is 1. The van der Waals surface area contributed by atoms with Gasteiger partial charge in [-0.25, -0.2) is 0 Å². The molecule has 3 rings (SSSR count). The summed E-state index contributed by atoms with van der Waals surface area (Å²) >= 11 is 0. The topological polar surface area (TPSA) is 65.0 Å². The van der Waals surface area contributed by atoms with Crippen molar-refractivity contribution in [3.8, 4) is 0 Å². The molecule has 0 fully saturated rings. The van der Waals surface area contributed by atoms with Gasteiger partial charge in [-0.2, -0.15) is 0 Å². The number of carbonyl (C=O) groups is 1. The lowest BCUT2D eigenvalue weighted by Gasteiger charge is -2.29. The highest BCUT2D eigenvalue weighted by atomic mass is 16.6. The first-order chi connectivity index (χ1) is 15.3. The van der Waals surface area contributed by atoms with Crippen LogP contribution in [-0.2, 0) is 38.8 Å². The molecule has 0 aromatic heterocycles. The average molecular weight is 421 g/mol. The van der Waals surface area contributed by atoms with Gasteiger partial charge in [0.25, 0.3) is 0 Å². The van der Waals surface area contributed by atoms with Gasteiger partial charge >= 0.3 is 0 Å². The Kier molecular flexibility index (Phi) is 9.41. The predicted molar refractivity (Wildman–Crippen MR) is 118 cm³/mol.